The molecule has 0 aromatic heterocycles. The molecule has 0 aliphatic carbocycles. The SMILES string of the molecule is COc1ccc(CCC(=O)c2cccc(NC(=O)C[C@H](N)C(=O)OC(C)(C)C)c2)cc1OC. The molecule has 0 unspecified atom stereocenters. The van der Waals surface area contributed by atoms with Gasteiger partial charge in [-0.15, -0.1) is 0 Å². The van der Waals surface area contributed by atoms with Gasteiger partial charge < -0.3 is 25.3 Å². The molecule has 2 aromatic rings. The number of nitrogens with two attached hydrogens (primary N) is 1. The van der Waals surface area contributed by atoms with Gasteiger partial charge in [-0.1, -0.05) is 18.2 Å². The van der Waals surface area contributed by atoms with Crippen molar-refractivity contribution >= 4 is 23.3 Å². The van der Waals surface area contributed by atoms with Gasteiger partial charge in [-0.3, -0.25) is 14.4 Å². The maximum absolute atomic E-state index is 12.7. The maximum atomic E-state index is 12.7. The van der Waals surface area contributed by atoms with Gasteiger partial charge in [-0.05, 0) is 57.0 Å². The Labute approximate surface area is 194 Å². The number of rotatable bonds is 10. The van der Waals surface area contributed by atoms with Crippen molar-refractivity contribution in [2.24, 2.45) is 5.73 Å². The van der Waals surface area contributed by atoms with Crippen LogP contribution in [0, 0.1) is 0 Å². The van der Waals surface area contributed by atoms with E-state index >= 15 is 0 Å². The number of ketones is 1. The molecule has 0 aliphatic rings. The predicted molar refractivity (Wildman–Crippen MR) is 126 cm³/mol. The highest BCUT2D eigenvalue weighted by Crippen LogP contribution is 2.28. The lowest BCUT2D eigenvalue weighted by Crippen LogP contribution is -2.39. The molecule has 178 valence electrons. The van der Waals surface area contributed by atoms with Gasteiger partial charge >= 0.3 is 5.97 Å². The molecule has 0 spiro atoms. The second-order valence-corrected chi connectivity index (χ2v) is 8.59. The van der Waals surface area contributed by atoms with Gasteiger partial charge in [0.25, 0.3) is 0 Å². The zero-order chi connectivity index (χ0) is 24.6. The molecule has 8 heteroatoms. The third-order valence-corrected chi connectivity index (χ3v) is 4.67. The van der Waals surface area contributed by atoms with Crippen molar-refractivity contribution < 1.29 is 28.6 Å². The average molecular weight is 457 g/mol. The summed E-state index contributed by atoms with van der Waals surface area (Å²) in [6, 6.07) is 11.1. The molecule has 3 N–H and O–H groups in total. The van der Waals surface area contributed by atoms with Gasteiger partial charge in [0.05, 0.1) is 20.6 Å². The summed E-state index contributed by atoms with van der Waals surface area (Å²) in [7, 11) is 3.13. The molecule has 1 atom stereocenters. The molecule has 8 nitrogen and oxygen atoms in total. The summed E-state index contributed by atoms with van der Waals surface area (Å²) in [4.78, 5) is 36.9. The van der Waals surface area contributed by atoms with E-state index in [0.717, 1.165) is 5.56 Å². The minimum absolute atomic E-state index is 0.0636. The first kappa shape index (κ1) is 25.9. The first-order valence-corrected chi connectivity index (χ1v) is 10.6. The quantitative estimate of drug-likeness (QED) is 0.415. The van der Waals surface area contributed by atoms with Crippen molar-refractivity contribution in [1.82, 2.24) is 0 Å². The molecule has 0 radical (unpaired) electrons. The molecule has 0 heterocycles. The van der Waals surface area contributed by atoms with Gasteiger partial charge in [-0.25, -0.2) is 0 Å². The molecule has 0 aliphatic heterocycles. The van der Waals surface area contributed by atoms with Crippen LogP contribution in [0.1, 0.15) is 49.5 Å². The number of benzene rings is 2. The smallest absolute Gasteiger partial charge is 0.323 e. The second-order valence-electron chi connectivity index (χ2n) is 8.59. The molecule has 2 rings (SSSR count). The van der Waals surface area contributed by atoms with Crippen LogP contribution in [0.15, 0.2) is 42.5 Å². The summed E-state index contributed by atoms with van der Waals surface area (Å²) < 4.78 is 15.7. The zero-order valence-electron chi connectivity index (χ0n) is 19.8. The van der Waals surface area contributed by atoms with Crippen molar-refractivity contribution in [3.8, 4) is 11.5 Å². The number of hydrogen-bond acceptors (Lipinski definition) is 7. The minimum Gasteiger partial charge on any atom is -0.493 e. The number of methoxy groups -OCH3 is 2. The molecule has 2 aromatic carbocycles. The monoisotopic (exact) mass is 456 g/mol. The van der Waals surface area contributed by atoms with Gasteiger partial charge in [-0.2, -0.15) is 0 Å². The number of anilines is 1. The van der Waals surface area contributed by atoms with Crippen LogP contribution in [-0.2, 0) is 20.7 Å². The van der Waals surface area contributed by atoms with E-state index in [4.69, 9.17) is 19.9 Å². The molecule has 33 heavy (non-hydrogen) atoms. The fourth-order valence-electron chi connectivity index (χ4n) is 3.08. The molecular formula is C25H32N2O6. The largest absolute Gasteiger partial charge is 0.493 e. The van der Waals surface area contributed by atoms with Crippen LogP contribution in [0.2, 0.25) is 0 Å². The van der Waals surface area contributed by atoms with E-state index < -0.39 is 23.5 Å². The van der Waals surface area contributed by atoms with Crippen LogP contribution < -0.4 is 20.5 Å². The first-order valence-electron chi connectivity index (χ1n) is 10.6. The lowest BCUT2D eigenvalue weighted by Gasteiger charge is -2.22. The highest BCUT2D eigenvalue weighted by molar-refractivity contribution is 5.99. The lowest BCUT2D eigenvalue weighted by molar-refractivity contribution is -0.157. The third kappa shape index (κ3) is 8.23. The van der Waals surface area contributed by atoms with E-state index in [1.54, 1.807) is 65.3 Å². The standard InChI is InChI=1S/C25H32N2O6/c1-25(2,3)33-24(30)19(26)15-23(29)27-18-8-6-7-17(14-18)20(28)11-9-16-10-12-21(31-4)22(13-16)32-5/h6-8,10,12-14,19H,9,11,15,26H2,1-5H3,(H,27,29)/t19-/m0/s1. The van der Waals surface area contributed by atoms with Crippen LogP contribution in [0.3, 0.4) is 0 Å². The Kier molecular flexibility index (Phi) is 8.99. The van der Waals surface area contributed by atoms with Gasteiger partial charge in [0.1, 0.15) is 11.6 Å². The predicted octanol–water partition coefficient (Wildman–Crippen LogP) is 3.52. The Morgan fingerprint density at radius 2 is 1.70 bits per heavy atom. The molecule has 1 amide bonds. The number of esters is 1. The summed E-state index contributed by atoms with van der Waals surface area (Å²) in [5.41, 5.74) is 6.98. The van der Waals surface area contributed by atoms with Gasteiger partial charge in [0.2, 0.25) is 5.91 Å². The Morgan fingerprint density at radius 3 is 2.33 bits per heavy atom. The Bertz CT molecular complexity index is 997. The van der Waals surface area contributed by atoms with Crippen molar-refractivity contribution in [3.05, 3.63) is 53.6 Å². The van der Waals surface area contributed by atoms with Crippen LogP contribution >= 0.6 is 0 Å². The minimum atomic E-state index is -1.07. The first-order chi connectivity index (χ1) is 15.5. The van der Waals surface area contributed by atoms with Crippen molar-refractivity contribution in [1.29, 1.82) is 0 Å². The number of aryl methyl sites for hydroxylation is 1. The summed E-state index contributed by atoms with van der Waals surface area (Å²) in [5.74, 6) is 0.0884. The van der Waals surface area contributed by atoms with E-state index in [0.29, 0.717) is 29.2 Å². The topological polar surface area (TPSA) is 117 Å². The number of amides is 1. The van der Waals surface area contributed by atoms with Crippen LogP contribution in [0.25, 0.3) is 0 Å². The normalized spacial score (nSPS) is 11.9. The number of carbonyl (C=O) groups excluding carboxylic acids is 3. The van der Waals surface area contributed by atoms with Crippen molar-refractivity contribution in [2.45, 2.75) is 51.7 Å². The van der Waals surface area contributed by atoms with Crippen LogP contribution in [-0.4, -0.2) is 43.5 Å². The number of carbonyl (C=O) groups is 3. The lowest BCUT2D eigenvalue weighted by atomic mass is 10.0. The van der Waals surface area contributed by atoms with E-state index in [1.807, 2.05) is 12.1 Å². The summed E-state index contributed by atoms with van der Waals surface area (Å²) in [5, 5.41) is 2.68. The highest BCUT2D eigenvalue weighted by atomic mass is 16.6. The van der Waals surface area contributed by atoms with Gasteiger partial charge in [0, 0.05) is 17.7 Å². The molecule has 0 saturated heterocycles. The van der Waals surface area contributed by atoms with Crippen LogP contribution in [0.5, 0.6) is 11.5 Å². The fourth-order valence-corrected chi connectivity index (χ4v) is 3.08. The van der Waals surface area contributed by atoms with E-state index in [1.165, 1.54) is 0 Å². The van der Waals surface area contributed by atoms with E-state index in [-0.39, 0.29) is 18.6 Å². The Balaban J connectivity index is 1.95. The summed E-state index contributed by atoms with van der Waals surface area (Å²) in [6.45, 7) is 5.18. The van der Waals surface area contributed by atoms with Crippen LogP contribution in [0.4, 0.5) is 5.69 Å². The zero-order valence-corrected chi connectivity index (χ0v) is 19.8. The molecule has 0 bridgehead atoms. The average Bonchev–Trinajstić information content (AvgIpc) is 2.76. The third-order valence-electron chi connectivity index (χ3n) is 4.67. The van der Waals surface area contributed by atoms with E-state index in [9.17, 15) is 14.4 Å². The second kappa shape index (κ2) is 11.5. The van der Waals surface area contributed by atoms with Gasteiger partial charge in [0.15, 0.2) is 17.3 Å². The van der Waals surface area contributed by atoms with E-state index in [2.05, 4.69) is 5.32 Å². The molecule has 0 saturated carbocycles. The van der Waals surface area contributed by atoms with Crippen molar-refractivity contribution in [2.75, 3.05) is 19.5 Å². The number of ether oxygens (including phenoxy) is 3. The Hall–Kier alpha value is -3.39. The number of Topliss-reactive ketones (excluding diaryl/α,β-unsaturated/α-hetero) is 1. The molecule has 0 fully saturated rings. The Morgan fingerprint density at radius 1 is 1.00 bits per heavy atom. The number of hydrogen-bond donors (Lipinski definition) is 2. The maximum Gasteiger partial charge on any atom is 0.323 e. The summed E-state index contributed by atoms with van der Waals surface area (Å²) >= 11 is 0. The highest BCUT2D eigenvalue weighted by Gasteiger charge is 2.24. The summed E-state index contributed by atoms with van der Waals surface area (Å²) in [6.07, 6.45) is 0.587. The fraction of sp³-hybridized carbons (Fsp3) is 0.400. The number of nitrogens with one attached hydrogen (secondary N) is 1. The molecular weight excluding hydrogens is 424 g/mol. The van der Waals surface area contributed by atoms with Crippen molar-refractivity contribution in [3.63, 3.8) is 0 Å².